The molecule has 3 aliphatic rings. The van der Waals surface area contributed by atoms with Crippen molar-refractivity contribution in [3.05, 3.63) is 47.7 Å². The van der Waals surface area contributed by atoms with Crippen molar-refractivity contribution >= 4 is 33.4 Å². The first-order valence-electron chi connectivity index (χ1n) is 16.1. The average molecular weight is 635 g/mol. The number of nitrogens with zero attached hydrogens (tertiary/aromatic N) is 4. The fourth-order valence-corrected chi connectivity index (χ4v) is 7.78. The molecular formula is C34H37F3N6O3. The van der Waals surface area contributed by atoms with Crippen molar-refractivity contribution in [1.82, 2.24) is 25.2 Å². The number of halogens is 3. The normalized spacial score (nSPS) is 24.5. The number of hydrogen-bond donors (Lipinski definition) is 3. The number of aromatic nitrogens is 3. The lowest BCUT2D eigenvalue weighted by atomic mass is 9.93. The van der Waals surface area contributed by atoms with Crippen LogP contribution in [-0.2, 0) is 11.2 Å². The molecule has 4 atom stereocenters. The minimum absolute atomic E-state index is 0.00380. The maximum atomic E-state index is 16.7. The molecule has 3 aliphatic heterocycles. The Bertz CT molecular complexity index is 1840. The number of amides is 1. The van der Waals surface area contributed by atoms with Crippen molar-refractivity contribution in [1.29, 1.82) is 0 Å². The molecule has 0 radical (unpaired) electrons. The van der Waals surface area contributed by atoms with Crippen LogP contribution in [0, 0.1) is 23.5 Å². The number of aryl methyl sites for hydroxylation is 1. The van der Waals surface area contributed by atoms with Crippen LogP contribution in [0.1, 0.15) is 45.1 Å². The van der Waals surface area contributed by atoms with Gasteiger partial charge in [-0.1, -0.05) is 19.9 Å². The highest BCUT2D eigenvalue weighted by molar-refractivity contribution is 6.01. The molecule has 3 saturated heterocycles. The first kappa shape index (κ1) is 30.5. The standard InChI is InChI=1S/C34H37F3N6O3/c1-3-22-19(14-40-32(22)45)13-39-31-25-15-38-29(24-11-21(44)10-18-6-7-26(36)23(4-2)27(18)24)28(37)30(25)41-33(42-31)46-17-34-8-5-9-43(34)16-20(35)12-34/h6-7,10-11,15,19-20,22,44H,3-5,8-9,12-14,16-17H2,1-2H3,(H,40,45)(H,39,41,42)/t19?,20-,22?,34+/m1/s1. The largest absolute Gasteiger partial charge is 0.508 e. The second-order valence-electron chi connectivity index (χ2n) is 12.8. The first-order chi connectivity index (χ1) is 22.2. The number of benzene rings is 2. The molecule has 12 heteroatoms. The van der Waals surface area contributed by atoms with Crippen molar-refractivity contribution in [3.63, 3.8) is 0 Å². The summed E-state index contributed by atoms with van der Waals surface area (Å²) in [6.07, 6.45) is 3.64. The van der Waals surface area contributed by atoms with E-state index in [1.807, 2.05) is 13.8 Å². The van der Waals surface area contributed by atoms with Crippen LogP contribution in [0.15, 0.2) is 30.5 Å². The number of rotatable bonds is 9. The Morgan fingerprint density at radius 3 is 2.87 bits per heavy atom. The number of hydrogen-bond acceptors (Lipinski definition) is 8. The Morgan fingerprint density at radius 2 is 2.07 bits per heavy atom. The van der Waals surface area contributed by atoms with Gasteiger partial charge in [-0.05, 0) is 66.8 Å². The molecule has 0 bridgehead atoms. The lowest BCUT2D eigenvalue weighted by Gasteiger charge is -2.30. The fourth-order valence-electron chi connectivity index (χ4n) is 7.78. The van der Waals surface area contributed by atoms with E-state index in [1.54, 1.807) is 6.07 Å². The van der Waals surface area contributed by atoms with E-state index in [-0.39, 0.29) is 52.9 Å². The minimum atomic E-state index is -0.936. The molecule has 3 fully saturated rings. The Hall–Kier alpha value is -4.19. The van der Waals surface area contributed by atoms with Crippen LogP contribution >= 0.6 is 0 Å². The van der Waals surface area contributed by atoms with Crippen LogP contribution in [0.4, 0.5) is 19.0 Å². The Balaban J connectivity index is 1.32. The minimum Gasteiger partial charge on any atom is -0.508 e. The van der Waals surface area contributed by atoms with E-state index in [2.05, 4.69) is 30.5 Å². The predicted molar refractivity (Wildman–Crippen MR) is 169 cm³/mol. The van der Waals surface area contributed by atoms with E-state index < -0.39 is 23.3 Å². The summed E-state index contributed by atoms with van der Waals surface area (Å²) in [5, 5.41) is 18.1. The molecule has 0 aliphatic carbocycles. The number of carbonyl (C=O) groups excluding carboxylic acids is 1. The number of pyridine rings is 1. The molecule has 9 nitrogen and oxygen atoms in total. The van der Waals surface area contributed by atoms with Crippen molar-refractivity contribution in [2.45, 2.75) is 57.7 Å². The van der Waals surface area contributed by atoms with Crippen LogP contribution in [-0.4, -0.2) is 75.4 Å². The smallest absolute Gasteiger partial charge is 0.319 e. The molecular weight excluding hydrogens is 597 g/mol. The number of phenolic OH excluding ortho intramolecular Hbond substituents is 1. The molecule has 5 heterocycles. The zero-order chi connectivity index (χ0) is 32.2. The molecule has 242 valence electrons. The van der Waals surface area contributed by atoms with Gasteiger partial charge in [0, 0.05) is 49.7 Å². The predicted octanol–water partition coefficient (Wildman–Crippen LogP) is 5.53. The summed E-state index contributed by atoms with van der Waals surface area (Å²) in [5.41, 5.74) is 0.00186. The van der Waals surface area contributed by atoms with Gasteiger partial charge in [0.2, 0.25) is 5.91 Å². The molecule has 0 spiro atoms. The van der Waals surface area contributed by atoms with Crippen molar-refractivity contribution in [2.75, 3.05) is 38.1 Å². The molecule has 4 aromatic rings. The maximum absolute atomic E-state index is 16.7. The number of ether oxygens (including phenoxy) is 1. The monoisotopic (exact) mass is 634 g/mol. The van der Waals surface area contributed by atoms with E-state index in [1.165, 1.54) is 24.4 Å². The number of fused-ring (bicyclic) bond motifs is 3. The zero-order valence-electron chi connectivity index (χ0n) is 25.9. The quantitative estimate of drug-likeness (QED) is 0.220. The van der Waals surface area contributed by atoms with Gasteiger partial charge in [-0.2, -0.15) is 9.97 Å². The molecule has 46 heavy (non-hydrogen) atoms. The third-order valence-electron chi connectivity index (χ3n) is 10.1. The lowest BCUT2D eigenvalue weighted by molar-refractivity contribution is -0.122. The Kier molecular flexibility index (Phi) is 7.86. The van der Waals surface area contributed by atoms with E-state index in [0.717, 1.165) is 19.4 Å². The van der Waals surface area contributed by atoms with Gasteiger partial charge in [0.25, 0.3) is 0 Å². The number of carbonyl (C=O) groups is 1. The Labute approximate surface area is 264 Å². The summed E-state index contributed by atoms with van der Waals surface area (Å²) >= 11 is 0. The summed E-state index contributed by atoms with van der Waals surface area (Å²) in [6.45, 7) is 6.00. The number of anilines is 1. The highest BCUT2D eigenvalue weighted by atomic mass is 19.1. The van der Waals surface area contributed by atoms with Crippen LogP contribution in [0.25, 0.3) is 32.9 Å². The van der Waals surface area contributed by atoms with Gasteiger partial charge in [-0.15, -0.1) is 0 Å². The van der Waals surface area contributed by atoms with Crippen LogP contribution in [0.3, 0.4) is 0 Å². The molecule has 0 saturated carbocycles. The van der Waals surface area contributed by atoms with Gasteiger partial charge in [-0.25, -0.2) is 13.2 Å². The van der Waals surface area contributed by atoms with E-state index in [4.69, 9.17) is 4.74 Å². The molecule has 2 unspecified atom stereocenters. The molecule has 2 aromatic heterocycles. The van der Waals surface area contributed by atoms with Gasteiger partial charge in [0.15, 0.2) is 5.82 Å². The number of alkyl halides is 1. The topological polar surface area (TPSA) is 112 Å². The van der Waals surface area contributed by atoms with Gasteiger partial charge in [0.05, 0.1) is 10.9 Å². The highest BCUT2D eigenvalue weighted by Crippen LogP contribution is 2.41. The second-order valence-corrected chi connectivity index (χ2v) is 12.8. The van der Waals surface area contributed by atoms with Gasteiger partial charge < -0.3 is 20.5 Å². The fraction of sp³-hybridized carbons (Fsp3) is 0.471. The van der Waals surface area contributed by atoms with Crippen molar-refractivity contribution in [3.8, 4) is 23.0 Å². The molecule has 1 amide bonds. The first-order valence-corrected chi connectivity index (χ1v) is 16.1. The second kappa shape index (κ2) is 11.9. The number of phenols is 1. The third kappa shape index (κ3) is 5.16. The lowest BCUT2D eigenvalue weighted by Crippen LogP contribution is -2.43. The molecule has 3 N–H and O–H groups in total. The zero-order valence-corrected chi connectivity index (χ0v) is 25.9. The SMILES string of the molecule is CCc1c(F)ccc2cc(O)cc(-c3ncc4c(NCC5CNC(=O)C5CC)nc(OC[C@@]56CCCN5C[C@H](F)C6)nc4c3F)c12. The van der Waals surface area contributed by atoms with Crippen LogP contribution < -0.4 is 15.4 Å². The summed E-state index contributed by atoms with van der Waals surface area (Å²) in [4.78, 5) is 28.0. The Morgan fingerprint density at radius 1 is 1.22 bits per heavy atom. The number of aromatic hydroxyl groups is 1. The van der Waals surface area contributed by atoms with Crippen molar-refractivity contribution < 1.29 is 27.8 Å². The van der Waals surface area contributed by atoms with Gasteiger partial charge >= 0.3 is 6.01 Å². The van der Waals surface area contributed by atoms with Gasteiger partial charge in [-0.3, -0.25) is 14.7 Å². The molecule has 7 rings (SSSR count). The van der Waals surface area contributed by atoms with E-state index in [9.17, 15) is 18.7 Å². The average Bonchev–Trinajstić information content (AvgIpc) is 3.69. The summed E-state index contributed by atoms with van der Waals surface area (Å²) in [6, 6.07) is 5.70. The highest BCUT2D eigenvalue weighted by Gasteiger charge is 2.49. The maximum Gasteiger partial charge on any atom is 0.319 e. The van der Waals surface area contributed by atoms with Crippen molar-refractivity contribution in [2.24, 2.45) is 11.8 Å². The van der Waals surface area contributed by atoms with E-state index >= 15 is 4.39 Å². The van der Waals surface area contributed by atoms with Crippen LogP contribution in [0.2, 0.25) is 0 Å². The van der Waals surface area contributed by atoms with E-state index in [0.29, 0.717) is 66.4 Å². The number of nitrogens with one attached hydrogen (secondary N) is 2. The summed E-state index contributed by atoms with van der Waals surface area (Å²) < 4.78 is 52.2. The summed E-state index contributed by atoms with van der Waals surface area (Å²) in [5.74, 6) is -1.18. The molecule has 2 aromatic carbocycles. The van der Waals surface area contributed by atoms with Crippen LogP contribution in [0.5, 0.6) is 11.8 Å². The van der Waals surface area contributed by atoms with Gasteiger partial charge in [0.1, 0.15) is 41.4 Å². The third-order valence-corrected chi connectivity index (χ3v) is 10.1. The summed E-state index contributed by atoms with van der Waals surface area (Å²) in [7, 11) is 0.